The molecule has 0 aliphatic rings. The molecule has 1 amide bonds. The molecule has 1 atom stereocenters. The number of carboxylic acid groups (broad SMARTS) is 1. The Morgan fingerprint density at radius 2 is 1.17 bits per heavy atom. The quantitative estimate of drug-likeness (QED) is 0.491. The molecule has 0 spiro atoms. The van der Waals surface area contributed by atoms with Crippen LogP contribution in [-0.2, 0) is 15.1 Å². The van der Waals surface area contributed by atoms with E-state index in [2.05, 4.69) is 5.32 Å². The molecule has 0 unspecified atom stereocenters. The van der Waals surface area contributed by atoms with Crippen molar-refractivity contribution in [2.45, 2.75) is 24.4 Å². The van der Waals surface area contributed by atoms with Crippen LogP contribution in [0.4, 0.5) is 0 Å². The van der Waals surface area contributed by atoms with Crippen molar-refractivity contribution in [1.82, 2.24) is 5.32 Å². The number of amides is 1. The van der Waals surface area contributed by atoms with Crippen LogP contribution in [0.1, 0.15) is 29.5 Å². The van der Waals surface area contributed by atoms with Crippen LogP contribution in [0.3, 0.4) is 0 Å². The molecule has 3 aromatic carbocycles. The van der Waals surface area contributed by atoms with Crippen LogP contribution in [0.5, 0.6) is 0 Å². The summed E-state index contributed by atoms with van der Waals surface area (Å²) >= 11 is 0. The first kappa shape index (κ1) is 20.3. The third-order valence-electron chi connectivity index (χ3n) is 4.99. The van der Waals surface area contributed by atoms with Gasteiger partial charge in [-0.05, 0) is 23.1 Å². The summed E-state index contributed by atoms with van der Waals surface area (Å²) in [5.41, 5.74) is 7.08. The van der Waals surface area contributed by atoms with Crippen molar-refractivity contribution < 1.29 is 14.7 Å². The molecule has 148 valence electrons. The molecule has 0 bridgehead atoms. The van der Waals surface area contributed by atoms with Gasteiger partial charge in [0.2, 0.25) is 5.91 Å². The van der Waals surface area contributed by atoms with Gasteiger partial charge in [0.15, 0.2) is 0 Å². The number of hydrogen-bond donors (Lipinski definition) is 3. The van der Waals surface area contributed by atoms with Crippen molar-refractivity contribution in [3.05, 3.63) is 108 Å². The van der Waals surface area contributed by atoms with Crippen LogP contribution in [0.2, 0.25) is 0 Å². The summed E-state index contributed by atoms with van der Waals surface area (Å²) in [7, 11) is 0. The molecule has 0 aliphatic carbocycles. The molecule has 0 saturated carbocycles. The van der Waals surface area contributed by atoms with Gasteiger partial charge in [0.25, 0.3) is 0 Å². The van der Waals surface area contributed by atoms with E-state index in [4.69, 9.17) is 5.73 Å². The molecule has 0 fully saturated rings. The predicted molar refractivity (Wildman–Crippen MR) is 112 cm³/mol. The second kappa shape index (κ2) is 9.17. The van der Waals surface area contributed by atoms with Crippen molar-refractivity contribution in [3.8, 4) is 0 Å². The summed E-state index contributed by atoms with van der Waals surface area (Å²) in [6.45, 7) is 0. The maximum Gasteiger partial charge on any atom is 0.320 e. The van der Waals surface area contributed by atoms with E-state index in [0.29, 0.717) is 0 Å². The van der Waals surface area contributed by atoms with Gasteiger partial charge in [-0.25, -0.2) is 0 Å². The number of nitrogens with two attached hydrogens (primary N) is 1. The first-order valence-corrected chi connectivity index (χ1v) is 9.49. The van der Waals surface area contributed by atoms with Crippen LogP contribution in [0, 0.1) is 0 Å². The van der Waals surface area contributed by atoms with Crippen LogP contribution in [0.15, 0.2) is 91.0 Å². The van der Waals surface area contributed by atoms with Crippen LogP contribution in [0.25, 0.3) is 0 Å². The Hall–Kier alpha value is -3.44. The second-order valence-corrected chi connectivity index (χ2v) is 6.89. The highest BCUT2D eigenvalue weighted by molar-refractivity contribution is 5.77. The average Bonchev–Trinajstić information content (AvgIpc) is 2.75. The van der Waals surface area contributed by atoms with Crippen molar-refractivity contribution in [2.24, 2.45) is 5.73 Å². The van der Waals surface area contributed by atoms with Crippen LogP contribution >= 0.6 is 0 Å². The summed E-state index contributed by atoms with van der Waals surface area (Å²) in [6, 6.07) is 28.2. The minimum atomic E-state index is -1.03. The van der Waals surface area contributed by atoms with Gasteiger partial charge in [0.1, 0.15) is 6.04 Å². The number of primary amides is 1. The molecule has 3 aromatic rings. The van der Waals surface area contributed by atoms with Crippen molar-refractivity contribution in [3.63, 3.8) is 0 Å². The Morgan fingerprint density at radius 1 is 0.793 bits per heavy atom. The smallest absolute Gasteiger partial charge is 0.320 e. The normalized spacial score (nSPS) is 12.3. The first-order valence-electron chi connectivity index (χ1n) is 9.49. The number of hydrogen-bond acceptors (Lipinski definition) is 3. The van der Waals surface area contributed by atoms with Gasteiger partial charge in [-0.15, -0.1) is 0 Å². The zero-order valence-electron chi connectivity index (χ0n) is 16.0. The lowest BCUT2D eigenvalue weighted by atomic mass is 9.76. The minimum absolute atomic E-state index is 0.0155. The SMILES string of the molecule is NC(=O)CC[C@H](NC(c1ccccc1)(c1ccccc1)c1ccccc1)C(=O)O. The molecule has 3 rings (SSSR count). The lowest BCUT2D eigenvalue weighted by molar-refractivity contribution is -0.140. The Kier molecular flexibility index (Phi) is 6.42. The Morgan fingerprint density at radius 3 is 1.48 bits per heavy atom. The second-order valence-electron chi connectivity index (χ2n) is 6.89. The number of benzene rings is 3. The summed E-state index contributed by atoms with van der Waals surface area (Å²) in [5.74, 6) is -1.55. The van der Waals surface area contributed by atoms with Gasteiger partial charge < -0.3 is 10.8 Å². The molecular weight excluding hydrogens is 364 g/mol. The maximum absolute atomic E-state index is 12.1. The van der Waals surface area contributed by atoms with Gasteiger partial charge in [0.05, 0.1) is 5.54 Å². The molecule has 29 heavy (non-hydrogen) atoms. The summed E-state index contributed by atoms with van der Waals surface area (Å²) < 4.78 is 0. The third-order valence-corrected chi connectivity index (χ3v) is 4.99. The lowest BCUT2D eigenvalue weighted by Gasteiger charge is -2.39. The average molecular weight is 388 g/mol. The third kappa shape index (κ3) is 4.52. The van der Waals surface area contributed by atoms with E-state index >= 15 is 0 Å². The number of nitrogens with one attached hydrogen (secondary N) is 1. The van der Waals surface area contributed by atoms with Crippen LogP contribution in [-0.4, -0.2) is 23.0 Å². The van der Waals surface area contributed by atoms with Crippen molar-refractivity contribution in [1.29, 1.82) is 0 Å². The van der Waals surface area contributed by atoms with Crippen molar-refractivity contribution >= 4 is 11.9 Å². The fraction of sp³-hybridized carbons (Fsp3) is 0.167. The van der Waals surface area contributed by atoms with E-state index in [1.807, 2.05) is 91.0 Å². The molecule has 0 radical (unpaired) electrons. The van der Waals surface area contributed by atoms with E-state index in [9.17, 15) is 14.7 Å². The first-order chi connectivity index (χ1) is 14.0. The predicted octanol–water partition coefficient (Wildman–Crippen LogP) is 3.29. The molecule has 0 heterocycles. The van der Waals surface area contributed by atoms with Gasteiger partial charge in [-0.3, -0.25) is 14.9 Å². The summed E-state index contributed by atoms with van der Waals surface area (Å²) in [6.07, 6.45) is 0.0807. The Labute approximate surface area is 170 Å². The molecule has 0 aromatic heterocycles. The van der Waals surface area contributed by atoms with E-state index in [0.717, 1.165) is 16.7 Å². The molecule has 0 aliphatic heterocycles. The van der Waals surface area contributed by atoms with Crippen LogP contribution < -0.4 is 11.1 Å². The zero-order valence-corrected chi connectivity index (χ0v) is 16.0. The molecular formula is C24H24N2O3. The van der Waals surface area contributed by atoms with Gasteiger partial charge >= 0.3 is 5.97 Å². The minimum Gasteiger partial charge on any atom is -0.480 e. The molecule has 4 N–H and O–H groups in total. The standard InChI is InChI=1S/C24H24N2O3/c25-22(27)17-16-21(23(28)29)26-24(18-10-4-1-5-11-18,19-12-6-2-7-13-19)20-14-8-3-9-15-20/h1-15,21,26H,16-17H2,(H2,25,27)(H,28,29)/t21-/m0/s1. The Balaban J connectivity index is 2.21. The number of carboxylic acids is 1. The molecule has 5 heteroatoms. The van der Waals surface area contributed by atoms with E-state index in [1.165, 1.54) is 0 Å². The topological polar surface area (TPSA) is 92.4 Å². The highest BCUT2D eigenvalue weighted by Gasteiger charge is 2.39. The highest BCUT2D eigenvalue weighted by Crippen LogP contribution is 2.37. The molecule has 5 nitrogen and oxygen atoms in total. The maximum atomic E-state index is 12.1. The number of aliphatic carboxylic acids is 1. The summed E-state index contributed by atoms with van der Waals surface area (Å²) in [5, 5.41) is 13.2. The highest BCUT2D eigenvalue weighted by atomic mass is 16.4. The lowest BCUT2D eigenvalue weighted by Crippen LogP contribution is -2.52. The van der Waals surface area contributed by atoms with Gasteiger partial charge in [-0.2, -0.15) is 0 Å². The van der Waals surface area contributed by atoms with E-state index in [1.54, 1.807) is 0 Å². The zero-order chi connectivity index (χ0) is 20.7. The van der Waals surface area contributed by atoms with E-state index in [-0.39, 0.29) is 12.8 Å². The number of carbonyl (C=O) groups is 2. The fourth-order valence-electron chi connectivity index (χ4n) is 3.62. The molecule has 0 saturated heterocycles. The van der Waals surface area contributed by atoms with Crippen molar-refractivity contribution in [2.75, 3.05) is 0 Å². The Bertz CT molecular complexity index is 847. The van der Waals surface area contributed by atoms with E-state index < -0.39 is 23.5 Å². The number of carbonyl (C=O) groups excluding carboxylic acids is 1. The fourth-order valence-corrected chi connectivity index (χ4v) is 3.62. The van der Waals surface area contributed by atoms with Gasteiger partial charge in [-0.1, -0.05) is 91.0 Å². The summed E-state index contributed by atoms with van der Waals surface area (Å²) in [4.78, 5) is 23.4. The monoisotopic (exact) mass is 388 g/mol. The number of rotatable bonds is 9. The largest absolute Gasteiger partial charge is 0.480 e. The van der Waals surface area contributed by atoms with Gasteiger partial charge in [0, 0.05) is 6.42 Å².